The van der Waals surface area contributed by atoms with Gasteiger partial charge < -0.3 is 0 Å². The Morgan fingerprint density at radius 1 is 0.357 bits per heavy atom. The third kappa shape index (κ3) is 5.13. The molecule has 0 aromatic rings. The number of hydrogen-bond donors (Lipinski definition) is 0. The minimum absolute atomic E-state index is 0.333. The molecule has 3 aliphatic heterocycles. The van der Waals surface area contributed by atoms with Crippen molar-refractivity contribution in [3.05, 3.63) is 0 Å². The molecule has 42 heavy (non-hydrogen) atoms. The van der Waals surface area contributed by atoms with Gasteiger partial charge in [0.1, 0.15) is 0 Å². The summed E-state index contributed by atoms with van der Waals surface area (Å²) in [5, 5.41) is 1.33. The van der Waals surface area contributed by atoms with Crippen molar-refractivity contribution in [2.75, 3.05) is 0 Å². The van der Waals surface area contributed by atoms with Gasteiger partial charge in [0.25, 0.3) is 0 Å². The molecule has 0 atom stereocenters. The summed E-state index contributed by atoms with van der Waals surface area (Å²) in [4.78, 5) is 0. The van der Waals surface area contributed by atoms with E-state index in [1.165, 1.54) is 0 Å². The van der Waals surface area contributed by atoms with Gasteiger partial charge in [-0.1, -0.05) is 0 Å². The standard InChI is InChI=1S/2C14H36N2Si3.2S.2Sn/c2*1-13(2,3)19(14(4,5)6,15-17(7,8)9)16-18(10,11)12;;;;/h2*1-12H3;;;;/q2*-2;;;2*+2. The molecule has 4 nitrogen and oxygen atoms in total. The van der Waals surface area contributed by atoms with Crippen LogP contribution in [0.1, 0.15) is 83.1 Å². The van der Waals surface area contributed by atoms with E-state index in [1.807, 2.05) is 0 Å². The van der Waals surface area contributed by atoms with Gasteiger partial charge in [0.05, 0.1) is 0 Å². The van der Waals surface area contributed by atoms with Gasteiger partial charge in [-0.2, -0.15) is 0 Å². The molecule has 0 amide bonds. The van der Waals surface area contributed by atoms with Gasteiger partial charge in [0, 0.05) is 0 Å². The fourth-order valence-electron chi connectivity index (χ4n) is 10.4. The zero-order valence-corrected chi connectivity index (χ0v) is 45.9. The van der Waals surface area contributed by atoms with Crippen LogP contribution in [0.4, 0.5) is 0 Å². The Morgan fingerprint density at radius 2 is 0.500 bits per heavy atom. The normalized spacial score (nSPS) is 26.3. The Morgan fingerprint density at radius 3 is 0.595 bits per heavy atom. The molecule has 248 valence electrons. The van der Waals surface area contributed by atoms with E-state index >= 15 is 0 Å². The summed E-state index contributed by atoms with van der Waals surface area (Å²) < 4.78 is 14.3. The van der Waals surface area contributed by atoms with Crippen LogP contribution in [0.2, 0.25) is 98.7 Å². The Balaban J connectivity index is 2.43. The predicted molar refractivity (Wildman–Crippen MR) is 218 cm³/mol. The number of rotatable bonds is 4. The van der Waals surface area contributed by atoms with Crippen LogP contribution in [-0.4, -0.2) is 91.9 Å². The van der Waals surface area contributed by atoms with Crippen molar-refractivity contribution in [3.8, 4) is 0 Å². The Bertz CT molecular complexity index is 916. The van der Waals surface area contributed by atoms with Gasteiger partial charge in [0.15, 0.2) is 0 Å². The predicted octanol–water partition coefficient (Wildman–Crippen LogP) is 11.0. The molecule has 0 aromatic heterocycles. The molecule has 3 saturated heterocycles. The van der Waals surface area contributed by atoms with Crippen LogP contribution in [-0.2, 0) is 0 Å². The van der Waals surface area contributed by atoms with Crippen molar-refractivity contribution in [3.63, 3.8) is 0 Å². The fourth-order valence-corrected chi connectivity index (χ4v) is 443. The molecule has 2 spiro atoms. The van der Waals surface area contributed by atoms with Crippen LogP contribution in [0.25, 0.3) is 0 Å². The minimum atomic E-state index is -3.01. The first-order chi connectivity index (χ1) is 17.9. The van der Waals surface area contributed by atoms with E-state index in [2.05, 4.69) is 184 Å². The second-order valence-corrected chi connectivity index (χ2v) is 121. The molecule has 0 saturated carbocycles. The van der Waals surface area contributed by atoms with E-state index < -0.39 is 82.1 Å². The van der Waals surface area contributed by atoms with Crippen molar-refractivity contribution < 1.29 is 0 Å². The molecule has 0 aliphatic carbocycles. The summed E-state index contributed by atoms with van der Waals surface area (Å²) >= 11 is -6.03. The van der Waals surface area contributed by atoms with Gasteiger partial charge in [0.2, 0.25) is 0 Å². The van der Waals surface area contributed by atoms with Gasteiger partial charge in [-0.05, 0) is 0 Å². The number of hydrogen-bond acceptors (Lipinski definition) is 6. The summed E-state index contributed by atoms with van der Waals surface area (Å²) in [6, 6.07) is 0. The molecule has 0 bridgehead atoms. The Hall–Kier alpha value is 3.44. The molecular weight excluding hydrogens is 862 g/mol. The molecular formula is C28H72N4S2Si6Sn2. The topological polar surface area (TPSA) is 13.0 Å². The molecule has 3 rings (SSSR count). The van der Waals surface area contributed by atoms with E-state index in [9.17, 15) is 0 Å². The first-order valence-electron chi connectivity index (χ1n) is 16.5. The summed E-state index contributed by atoms with van der Waals surface area (Å²) in [7, 11) is -10.4. The quantitative estimate of drug-likeness (QED) is 0.259. The maximum atomic E-state index is 3.57. The zero-order valence-electron chi connectivity index (χ0n) is 32.6. The first kappa shape index (κ1) is 39.9. The summed E-state index contributed by atoms with van der Waals surface area (Å²) in [5.74, 6) is 0. The molecule has 14 heteroatoms. The van der Waals surface area contributed by atoms with Crippen LogP contribution < -0.4 is 0 Å². The van der Waals surface area contributed by atoms with E-state index in [0.29, 0.717) is 20.2 Å². The maximum absolute atomic E-state index is 3.57. The van der Waals surface area contributed by atoms with Gasteiger partial charge in [-0.3, -0.25) is 0 Å². The summed E-state index contributed by atoms with van der Waals surface area (Å²) in [6.45, 7) is 64.7. The monoisotopic (exact) mass is 936 g/mol. The number of nitrogens with zero attached hydrogens (tertiary/aromatic N) is 4. The third-order valence-corrected chi connectivity index (χ3v) is 239. The van der Waals surface area contributed by atoms with Gasteiger partial charge in [-0.15, -0.1) is 0 Å². The van der Waals surface area contributed by atoms with Crippen LogP contribution >= 0.6 is 12.3 Å². The average Bonchev–Trinajstić information content (AvgIpc) is 2.47. The van der Waals surface area contributed by atoms with Crippen molar-refractivity contribution in [1.82, 2.24) is 9.81 Å². The Kier molecular flexibility index (Phi) is 9.95. The van der Waals surface area contributed by atoms with Crippen LogP contribution in [0.15, 0.2) is 0 Å². The fraction of sp³-hybridized carbons (Fsp3) is 1.00. The second kappa shape index (κ2) is 10.5. The second-order valence-electron chi connectivity index (χ2n) is 21.7. The molecule has 3 fully saturated rings. The van der Waals surface area contributed by atoms with Crippen LogP contribution in [0, 0.1) is 0 Å². The SMILES string of the molecule is CC(C)(C)[Si]1(C(C)(C)C)[N]([Si](C)(C)C)[Sn]2([S][Sn]3([S]2)[N]([Si](C)(C)C)[Si](C(C)(C)C)(C(C)(C)C)[N]3[Si](C)(C)C)[N]1[Si](C)(C)C. The third-order valence-electron chi connectivity index (χ3n) is 9.82. The first-order valence-corrected chi connectivity index (χ1v) is 54.8. The van der Waals surface area contributed by atoms with Crippen molar-refractivity contribution in [1.29, 1.82) is 0 Å². The Labute approximate surface area is 282 Å². The molecule has 0 unspecified atom stereocenters. The van der Waals surface area contributed by atoms with Gasteiger partial charge in [-0.25, -0.2) is 0 Å². The molecule has 0 aromatic carbocycles. The van der Waals surface area contributed by atoms with Crippen LogP contribution in [0.5, 0.6) is 0 Å². The van der Waals surface area contributed by atoms with E-state index in [-0.39, 0.29) is 0 Å². The van der Waals surface area contributed by atoms with Crippen molar-refractivity contribution in [2.45, 2.75) is 182 Å². The summed E-state index contributed by atoms with van der Waals surface area (Å²) in [5.41, 5.74) is 0. The molecule has 0 radical (unpaired) electrons. The average molecular weight is 935 g/mol. The van der Waals surface area contributed by atoms with Crippen molar-refractivity contribution in [2.24, 2.45) is 0 Å². The molecule has 0 N–H and O–H groups in total. The van der Waals surface area contributed by atoms with E-state index in [4.69, 9.17) is 0 Å². The summed E-state index contributed by atoms with van der Waals surface area (Å²) in [6.07, 6.45) is 5.71. The van der Waals surface area contributed by atoms with E-state index in [0.717, 1.165) is 0 Å². The molecule has 3 aliphatic rings. The van der Waals surface area contributed by atoms with Crippen molar-refractivity contribution >= 4 is 94.3 Å². The van der Waals surface area contributed by atoms with Crippen LogP contribution in [0.3, 0.4) is 0 Å². The van der Waals surface area contributed by atoms with Gasteiger partial charge >= 0.3 is 286 Å². The van der Waals surface area contributed by atoms with E-state index in [1.54, 1.807) is 0 Å². The zero-order chi connectivity index (χ0) is 33.7. The molecule has 3 heterocycles.